The topological polar surface area (TPSA) is 24.9 Å². The van der Waals surface area contributed by atoms with Crippen molar-refractivity contribution in [1.29, 1.82) is 0 Å². The average molecular weight is 204 g/mol. The summed E-state index contributed by atoms with van der Waals surface area (Å²) in [7, 11) is 0. The summed E-state index contributed by atoms with van der Waals surface area (Å²) in [6, 6.07) is 6.94. The minimum atomic E-state index is 0.641. The van der Waals surface area contributed by atoms with Crippen LogP contribution in [0.2, 0.25) is 0 Å². The van der Waals surface area contributed by atoms with Gasteiger partial charge in [-0.05, 0) is 38.4 Å². The summed E-state index contributed by atoms with van der Waals surface area (Å²) >= 11 is 0. The number of hydrogen-bond donors (Lipinski definition) is 1. The summed E-state index contributed by atoms with van der Waals surface area (Å²) in [4.78, 5) is 4.56. The quantitative estimate of drug-likeness (QED) is 0.800. The van der Waals surface area contributed by atoms with Crippen molar-refractivity contribution < 1.29 is 0 Å². The molecule has 1 aliphatic rings. The Labute approximate surface area is 92.1 Å². The number of aryl methyl sites for hydroxylation is 1. The Bertz CT molecular complexity index is 301. The fourth-order valence-corrected chi connectivity index (χ4v) is 2.24. The fourth-order valence-electron chi connectivity index (χ4n) is 2.24. The average Bonchev–Trinajstić information content (AvgIpc) is 2.46. The molecule has 1 saturated heterocycles. The van der Waals surface area contributed by atoms with Gasteiger partial charge in [0.1, 0.15) is 0 Å². The molecular formula is C13H20N2. The van der Waals surface area contributed by atoms with Gasteiger partial charge in [0.05, 0.1) is 0 Å². The van der Waals surface area contributed by atoms with Crippen LogP contribution < -0.4 is 5.32 Å². The molecule has 0 spiro atoms. The molecule has 1 atom stereocenters. The maximum atomic E-state index is 4.56. The van der Waals surface area contributed by atoms with Crippen LogP contribution in [0.25, 0.3) is 0 Å². The Hall–Kier alpha value is -0.890. The molecule has 1 fully saturated rings. The predicted octanol–water partition coefficient (Wildman–Crippen LogP) is 2.46. The minimum Gasteiger partial charge on any atom is -0.314 e. The highest BCUT2D eigenvalue weighted by Gasteiger charge is 2.12. The second-order valence-corrected chi connectivity index (χ2v) is 4.47. The van der Waals surface area contributed by atoms with Crippen molar-refractivity contribution in [3.05, 3.63) is 29.6 Å². The van der Waals surface area contributed by atoms with Crippen LogP contribution in [0, 0.1) is 6.92 Å². The van der Waals surface area contributed by atoms with E-state index in [1.807, 2.05) is 0 Å². The lowest BCUT2D eigenvalue weighted by Gasteiger charge is -2.15. The summed E-state index contributed by atoms with van der Waals surface area (Å²) in [5.74, 6) is 0. The van der Waals surface area contributed by atoms with Gasteiger partial charge in [-0.3, -0.25) is 4.98 Å². The standard InChI is InChI=1S/C13H20N2/c1-11-6-5-8-13(15-11)10-12-7-3-2-4-9-14-12/h5-6,8,12,14H,2-4,7,9-10H2,1H3. The van der Waals surface area contributed by atoms with Crippen molar-refractivity contribution in [3.8, 4) is 0 Å². The van der Waals surface area contributed by atoms with E-state index < -0.39 is 0 Å². The smallest absolute Gasteiger partial charge is 0.0422 e. The number of nitrogens with zero attached hydrogens (tertiary/aromatic N) is 1. The van der Waals surface area contributed by atoms with E-state index in [4.69, 9.17) is 0 Å². The monoisotopic (exact) mass is 204 g/mol. The first-order chi connectivity index (χ1) is 7.34. The van der Waals surface area contributed by atoms with Gasteiger partial charge in [-0.2, -0.15) is 0 Å². The summed E-state index contributed by atoms with van der Waals surface area (Å²) in [5, 5.41) is 3.61. The third-order valence-electron chi connectivity index (χ3n) is 3.06. The zero-order valence-corrected chi connectivity index (χ0v) is 9.50. The molecule has 0 bridgehead atoms. The SMILES string of the molecule is Cc1cccc(CC2CCCCCN2)n1. The highest BCUT2D eigenvalue weighted by atomic mass is 14.9. The van der Waals surface area contributed by atoms with E-state index in [1.54, 1.807) is 0 Å². The largest absolute Gasteiger partial charge is 0.314 e. The molecule has 0 aliphatic carbocycles. The first kappa shape index (κ1) is 10.6. The molecule has 2 heteroatoms. The molecule has 15 heavy (non-hydrogen) atoms. The molecule has 1 unspecified atom stereocenters. The minimum absolute atomic E-state index is 0.641. The van der Waals surface area contributed by atoms with Gasteiger partial charge in [0, 0.05) is 23.9 Å². The first-order valence-corrected chi connectivity index (χ1v) is 6.00. The highest BCUT2D eigenvalue weighted by Crippen LogP contribution is 2.12. The van der Waals surface area contributed by atoms with Gasteiger partial charge in [0.15, 0.2) is 0 Å². The molecule has 0 amide bonds. The van der Waals surface area contributed by atoms with Gasteiger partial charge >= 0.3 is 0 Å². The van der Waals surface area contributed by atoms with Crippen LogP contribution in [0.5, 0.6) is 0 Å². The Morgan fingerprint density at radius 1 is 1.33 bits per heavy atom. The van der Waals surface area contributed by atoms with Crippen LogP contribution in [0.15, 0.2) is 18.2 Å². The molecule has 1 N–H and O–H groups in total. The Morgan fingerprint density at radius 3 is 3.13 bits per heavy atom. The van der Waals surface area contributed by atoms with Crippen LogP contribution >= 0.6 is 0 Å². The van der Waals surface area contributed by atoms with E-state index in [2.05, 4.69) is 35.4 Å². The Kier molecular flexibility index (Phi) is 3.73. The molecule has 82 valence electrons. The van der Waals surface area contributed by atoms with E-state index in [9.17, 15) is 0 Å². The van der Waals surface area contributed by atoms with Crippen molar-refractivity contribution in [3.63, 3.8) is 0 Å². The van der Waals surface area contributed by atoms with E-state index >= 15 is 0 Å². The van der Waals surface area contributed by atoms with Crippen LogP contribution in [-0.2, 0) is 6.42 Å². The Morgan fingerprint density at radius 2 is 2.27 bits per heavy atom. The molecule has 0 radical (unpaired) electrons. The second-order valence-electron chi connectivity index (χ2n) is 4.47. The molecule has 0 saturated carbocycles. The van der Waals surface area contributed by atoms with Crippen molar-refractivity contribution in [2.75, 3.05) is 6.54 Å². The predicted molar refractivity (Wildman–Crippen MR) is 62.9 cm³/mol. The van der Waals surface area contributed by atoms with E-state index in [0.717, 1.165) is 12.1 Å². The van der Waals surface area contributed by atoms with Gasteiger partial charge in [-0.15, -0.1) is 0 Å². The van der Waals surface area contributed by atoms with Gasteiger partial charge in [0.25, 0.3) is 0 Å². The van der Waals surface area contributed by atoms with Crippen molar-refractivity contribution in [2.45, 2.75) is 45.1 Å². The zero-order chi connectivity index (χ0) is 10.5. The van der Waals surface area contributed by atoms with Gasteiger partial charge in [-0.25, -0.2) is 0 Å². The van der Waals surface area contributed by atoms with E-state index in [-0.39, 0.29) is 0 Å². The zero-order valence-electron chi connectivity index (χ0n) is 9.50. The normalized spacial score (nSPS) is 22.3. The molecule has 2 heterocycles. The molecule has 0 aromatic carbocycles. The lowest BCUT2D eigenvalue weighted by atomic mass is 10.1. The van der Waals surface area contributed by atoms with Gasteiger partial charge in [-0.1, -0.05) is 18.9 Å². The maximum absolute atomic E-state index is 4.56. The summed E-state index contributed by atoms with van der Waals surface area (Å²) in [6.45, 7) is 3.24. The van der Waals surface area contributed by atoms with Crippen molar-refractivity contribution in [2.24, 2.45) is 0 Å². The molecule has 2 rings (SSSR count). The van der Waals surface area contributed by atoms with Crippen LogP contribution in [0.1, 0.15) is 37.1 Å². The summed E-state index contributed by atoms with van der Waals surface area (Å²) in [6.07, 6.45) is 6.46. The molecule has 2 nitrogen and oxygen atoms in total. The summed E-state index contributed by atoms with van der Waals surface area (Å²) in [5.41, 5.74) is 2.36. The molecule has 1 aromatic heterocycles. The second kappa shape index (κ2) is 5.26. The number of pyridine rings is 1. The Balaban J connectivity index is 1.95. The summed E-state index contributed by atoms with van der Waals surface area (Å²) < 4.78 is 0. The third kappa shape index (κ3) is 3.31. The third-order valence-corrected chi connectivity index (χ3v) is 3.06. The fraction of sp³-hybridized carbons (Fsp3) is 0.615. The van der Waals surface area contributed by atoms with Crippen LogP contribution in [0.4, 0.5) is 0 Å². The number of nitrogens with one attached hydrogen (secondary N) is 1. The number of rotatable bonds is 2. The first-order valence-electron chi connectivity index (χ1n) is 6.00. The van der Waals surface area contributed by atoms with Crippen LogP contribution in [-0.4, -0.2) is 17.6 Å². The highest BCUT2D eigenvalue weighted by molar-refractivity contribution is 5.11. The lowest BCUT2D eigenvalue weighted by molar-refractivity contribution is 0.502. The maximum Gasteiger partial charge on any atom is 0.0422 e. The molecule has 1 aromatic rings. The molecule has 1 aliphatic heterocycles. The van der Waals surface area contributed by atoms with E-state index in [0.29, 0.717) is 6.04 Å². The van der Waals surface area contributed by atoms with E-state index in [1.165, 1.54) is 37.9 Å². The van der Waals surface area contributed by atoms with Crippen LogP contribution in [0.3, 0.4) is 0 Å². The van der Waals surface area contributed by atoms with Gasteiger partial charge < -0.3 is 5.32 Å². The van der Waals surface area contributed by atoms with Gasteiger partial charge in [0.2, 0.25) is 0 Å². The number of aromatic nitrogens is 1. The van der Waals surface area contributed by atoms with Crippen molar-refractivity contribution in [1.82, 2.24) is 10.3 Å². The van der Waals surface area contributed by atoms with Crippen molar-refractivity contribution >= 4 is 0 Å². The molecular weight excluding hydrogens is 184 g/mol. The lowest BCUT2D eigenvalue weighted by Crippen LogP contribution is -2.30. The number of hydrogen-bond acceptors (Lipinski definition) is 2.